The van der Waals surface area contributed by atoms with Crippen LogP contribution in [-0.4, -0.2) is 70.1 Å². The summed E-state index contributed by atoms with van der Waals surface area (Å²) in [4.78, 5) is 21.3. The van der Waals surface area contributed by atoms with Crippen LogP contribution in [0.15, 0.2) is 24.5 Å². The number of piperazine rings is 1. The SMILES string of the molecule is FCc1cccc(CN2CCc3ncnc(N4CCN(C5CCC5)CC4)c3CC2)n1. The van der Waals surface area contributed by atoms with E-state index in [9.17, 15) is 4.39 Å². The van der Waals surface area contributed by atoms with Gasteiger partial charge in [0.25, 0.3) is 0 Å². The first-order valence-corrected chi connectivity index (χ1v) is 11.3. The third-order valence-corrected chi connectivity index (χ3v) is 6.95. The number of nitrogens with zero attached hydrogens (tertiary/aromatic N) is 6. The number of rotatable bonds is 5. The first-order valence-electron chi connectivity index (χ1n) is 11.3. The van der Waals surface area contributed by atoms with Crippen molar-refractivity contribution in [2.75, 3.05) is 44.2 Å². The van der Waals surface area contributed by atoms with E-state index in [1.807, 2.05) is 12.1 Å². The number of anilines is 1. The molecule has 1 aliphatic carbocycles. The maximum atomic E-state index is 12.9. The zero-order valence-corrected chi connectivity index (χ0v) is 17.6. The molecule has 0 bridgehead atoms. The van der Waals surface area contributed by atoms with Gasteiger partial charge in [0.1, 0.15) is 18.8 Å². The highest BCUT2D eigenvalue weighted by molar-refractivity contribution is 5.50. The summed E-state index contributed by atoms with van der Waals surface area (Å²) in [6, 6.07) is 6.46. The lowest BCUT2D eigenvalue weighted by molar-refractivity contribution is 0.120. The number of aromatic nitrogens is 3. The van der Waals surface area contributed by atoms with Gasteiger partial charge < -0.3 is 4.90 Å². The van der Waals surface area contributed by atoms with E-state index < -0.39 is 6.67 Å². The Morgan fingerprint density at radius 1 is 0.933 bits per heavy atom. The minimum absolute atomic E-state index is 0.508. The van der Waals surface area contributed by atoms with E-state index in [0.717, 1.165) is 76.2 Å². The van der Waals surface area contributed by atoms with E-state index in [1.165, 1.54) is 30.5 Å². The quantitative estimate of drug-likeness (QED) is 0.755. The molecule has 2 fully saturated rings. The number of hydrogen-bond donors (Lipinski definition) is 0. The van der Waals surface area contributed by atoms with Crippen molar-refractivity contribution >= 4 is 5.82 Å². The Hall–Kier alpha value is -2.12. The largest absolute Gasteiger partial charge is 0.354 e. The average molecular weight is 411 g/mol. The molecule has 30 heavy (non-hydrogen) atoms. The molecule has 0 unspecified atom stereocenters. The number of halogens is 1. The summed E-state index contributed by atoms with van der Waals surface area (Å²) in [7, 11) is 0. The highest BCUT2D eigenvalue weighted by Gasteiger charge is 2.29. The predicted molar refractivity (Wildman–Crippen MR) is 115 cm³/mol. The second kappa shape index (κ2) is 8.94. The van der Waals surface area contributed by atoms with Crippen LogP contribution in [0.1, 0.15) is 41.9 Å². The van der Waals surface area contributed by atoms with Crippen molar-refractivity contribution < 1.29 is 4.39 Å². The van der Waals surface area contributed by atoms with Crippen LogP contribution in [0.25, 0.3) is 0 Å². The van der Waals surface area contributed by atoms with Crippen LogP contribution in [-0.2, 0) is 26.1 Å². The van der Waals surface area contributed by atoms with Crippen molar-refractivity contribution in [1.82, 2.24) is 24.8 Å². The van der Waals surface area contributed by atoms with Crippen molar-refractivity contribution in [3.05, 3.63) is 47.2 Å². The Balaban J connectivity index is 1.25. The first-order chi connectivity index (χ1) is 14.8. The summed E-state index contributed by atoms with van der Waals surface area (Å²) in [6.45, 7) is 6.56. The Kier molecular flexibility index (Phi) is 5.91. The molecule has 2 aliphatic heterocycles. The lowest BCUT2D eigenvalue weighted by Crippen LogP contribution is -2.52. The molecule has 0 atom stereocenters. The van der Waals surface area contributed by atoms with E-state index in [2.05, 4.69) is 24.7 Å². The molecule has 2 aromatic heterocycles. The Morgan fingerprint density at radius 3 is 2.50 bits per heavy atom. The Bertz CT molecular complexity index is 863. The monoisotopic (exact) mass is 410 g/mol. The molecular weight excluding hydrogens is 379 g/mol. The number of fused-ring (bicyclic) bond motifs is 1. The van der Waals surface area contributed by atoms with Crippen molar-refractivity contribution in [3.63, 3.8) is 0 Å². The van der Waals surface area contributed by atoms with E-state index >= 15 is 0 Å². The van der Waals surface area contributed by atoms with Gasteiger partial charge in [-0.25, -0.2) is 14.4 Å². The molecule has 2 aromatic rings. The number of pyridine rings is 1. The molecule has 5 rings (SSSR count). The molecule has 7 heteroatoms. The van der Waals surface area contributed by atoms with Crippen LogP contribution >= 0.6 is 0 Å². The molecule has 0 spiro atoms. The van der Waals surface area contributed by atoms with Gasteiger partial charge in [0, 0.05) is 63.8 Å². The minimum atomic E-state index is -0.508. The van der Waals surface area contributed by atoms with Gasteiger partial charge in [-0.15, -0.1) is 0 Å². The van der Waals surface area contributed by atoms with E-state index in [1.54, 1.807) is 12.4 Å². The standard InChI is InChI=1S/C23H31FN6/c24-15-18-3-1-4-19(27-18)16-28-9-7-21-22(8-10-28)25-17-26-23(21)30-13-11-29(12-14-30)20-5-2-6-20/h1,3-4,17,20H,2,5-16H2. The fourth-order valence-electron chi connectivity index (χ4n) is 4.96. The van der Waals surface area contributed by atoms with Crippen LogP contribution in [0.3, 0.4) is 0 Å². The number of alkyl halides is 1. The lowest BCUT2D eigenvalue weighted by atomic mass is 9.91. The zero-order chi connectivity index (χ0) is 20.3. The van der Waals surface area contributed by atoms with Gasteiger partial charge in [-0.3, -0.25) is 14.8 Å². The summed E-state index contributed by atoms with van der Waals surface area (Å²) >= 11 is 0. The minimum Gasteiger partial charge on any atom is -0.354 e. The fraction of sp³-hybridized carbons (Fsp3) is 0.609. The Morgan fingerprint density at radius 2 is 1.73 bits per heavy atom. The van der Waals surface area contributed by atoms with Crippen LogP contribution in [0.4, 0.5) is 10.2 Å². The maximum Gasteiger partial charge on any atom is 0.135 e. The normalized spacial score (nSPS) is 21.2. The average Bonchev–Trinajstić information content (AvgIpc) is 2.96. The van der Waals surface area contributed by atoms with Gasteiger partial charge >= 0.3 is 0 Å². The van der Waals surface area contributed by atoms with Crippen LogP contribution < -0.4 is 4.90 Å². The van der Waals surface area contributed by atoms with Gasteiger partial charge in [-0.05, 0) is 31.4 Å². The second-order valence-electron chi connectivity index (χ2n) is 8.76. The molecule has 160 valence electrons. The van der Waals surface area contributed by atoms with E-state index in [-0.39, 0.29) is 0 Å². The molecular formula is C23H31FN6. The first kappa shape index (κ1) is 19.8. The highest BCUT2D eigenvalue weighted by Crippen LogP contribution is 2.28. The van der Waals surface area contributed by atoms with Gasteiger partial charge in [0.05, 0.1) is 17.1 Å². The molecule has 4 heterocycles. The second-order valence-corrected chi connectivity index (χ2v) is 8.76. The molecule has 6 nitrogen and oxygen atoms in total. The van der Waals surface area contributed by atoms with Crippen molar-refractivity contribution in [1.29, 1.82) is 0 Å². The molecule has 0 N–H and O–H groups in total. The van der Waals surface area contributed by atoms with Gasteiger partial charge in [-0.2, -0.15) is 0 Å². The zero-order valence-electron chi connectivity index (χ0n) is 17.6. The van der Waals surface area contributed by atoms with Crippen molar-refractivity contribution in [2.45, 2.75) is 51.4 Å². The van der Waals surface area contributed by atoms with Crippen LogP contribution in [0, 0.1) is 0 Å². The molecule has 0 amide bonds. The summed E-state index contributed by atoms with van der Waals surface area (Å²) in [5.74, 6) is 1.15. The maximum absolute atomic E-state index is 12.9. The smallest absolute Gasteiger partial charge is 0.135 e. The molecule has 0 radical (unpaired) electrons. The molecule has 1 saturated heterocycles. The van der Waals surface area contributed by atoms with Crippen LogP contribution in [0.2, 0.25) is 0 Å². The highest BCUT2D eigenvalue weighted by atomic mass is 19.1. The van der Waals surface area contributed by atoms with E-state index in [0.29, 0.717) is 5.69 Å². The fourth-order valence-corrected chi connectivity index (χ4v) is 4.96. The van der Waals surface area contributed by atoms with Gasteiger partial charge in [-0.1, -0.05) is 12.5 Å². The third-order valence-electron chi connectivity index (χ3n) is 6.95. The topological polar surface area (TPSA) is 48.4 Å². The van der Waals surface area contributed by atoms with Crippen molar-refractivity contribution in [2.24, 2.45) is 0 Å². The summed E-state index contributed by atoms with van der Waals surface area (Å²) in [5, 5.41) is 0. The summed E-state index contributed by atoms with van der Waals surface area (Å²) in [6.07, 6.45) is 7.78. The third kappa shape index (κ3) is 4.18. The van der Waals surface area contributed by atoms with Crippen LogP contribution in [0.5, 0.6) is 0 Å². The van der Waals surface area contributed by atoms with E-state index in [4.69, 9.17) is 4.98 Å². The van der Waals surface area contributed by atoms with Gasteiger partial charge in [0.2, 0.25) is 0 Å². The molecule has 3 aliphatic rings. The van der Waals surface area contributed by atoms with Gasteiger partial charge in [0.15, 0.2) is 0 Å². The Labute approximate surface area is 178 Å². The predicted octanol–water partition coefficient (Wildman–Crippen LogP) is 2.62. The summed E-state index contributed by atoms with van der Waals surface area (Å²) in [5.41, 5.74) is 3.96. The number of hydrogen-bond acceptors (Lipinski definition) is 6. The summed E-state index contributed by atoms with van der Waals surface area (Å²) < 4.78 is 12.9. The molecule has 0 aromatic carbocycles. The molecule has 1 saturated carbocycles. The lowest BCUT2D eigenvalue weighted by Gasteiger charge is -2.43. The van der Waals surface area contributed by atoms with Crippen molar-refractivity contribution in [3.8, 4) is 0 Å².